The van der Waals surface area contributed by atoms with Gasteiger partial charge in [0.1, 0.15) is 0 Å². The van der Waals surface area contributed by atoms with E-state index in [-0.39, 0.29) is 23.9 Å². The molecule has 0 spiro atoms. The van der Waals surface area contributed by atoms with Gasteiger partial charge in [-0.1, -0.05) is 33.1 Å². The van der Waals surface area contributed by atoms with Crippen molar-refractivity contribution < 1.29 is 9.53 Å². The van der Waals surface area contributed by atoms with Crippen LogP contribution in [0.25, 0.3) is 0 Å². The molecule has 0 saturated carbocycles. The van der Waals surface area contributed by atoms with Crippen LogP contribution in [0.3, 0.4) is 0 Å². The average molecular weight is 270 g/mol. The fourth-order valence-electron chi connectivity index (χ4n) is 2.47. The molecule has 1 fully saturated rings. The molecule has 0 aromatic heterocycles. The lowest BCUT2D eigenvalue weighted by atomic mass is 10.0. The molecule has 0 bridgehead atoms. The van der Waals surface area contributed by atoms with Crippen molar-refractivity contribution in [2.75, 3.05) is 19.8 Å². The second-order valence-electron chi connectivity index (χ2n) is 5.61. The Balaban J connectivity index is 2.30. The highest BCUT2D eigenvalue weighted by Gasteiger charge is 2.33. The Kier molecular flexibility index (Phi) is 8.07. The maximum atomic E-state index is 12.2. The predicted molar refractivity (Wildman–Crippen MR) is 78.1 cm³/mol. The lowest BCUT2D eigenvalue weighted by Crippen LogP contribution is -2.46. The molecule has 3 atom stereocenters. The molecule has 0 aromatic carbocycles. The van der Waals surface area contributed by atoms with Gasteiger partial charge in [0.2, 0.25) is 5.91 Å². The summed E-state index contributed by atoms with van der Waals surface area (Å²) >= 11 is 0. The first kappa shape index (κ1) is 16.4. The first-order valence-corrected chi connectivity index (χ1v) is 7.80. The topological polar surface area (TPSA) is 50.4 Å². The van der Waals surface area contributed by atoms with Crippen LogP contribution in [-0.4, -0.2) is 37.7 Å². The third-order valence-corrected chi connectivity index (χ3v) is 3.70. The van der Waals surface area contributed by atoms with Crippen molar-refractivity contribution in [3.63, 3.8) is 0 Å². The molecule has 1 aliphatic heterocycles. The molecule has 4 nitrogen and oxygen atoms in total. The number of carbonyl (C=O) groups is 1. The Bertz CT molecular complexity index is 259. The summed E-state index contributed by atoms with van der Waals surface area (Å²) in [5.74, 6) is 0.121. The summed E-state index contributed by atoms with van der Waals surface area (Å²) < 4.78 is 5.44. The molecule has 1 heterocycles. The summed E-state index contributed by atoms with van der Waals surface area (Å²) in [6, 6.07) is 0.453. The van der Waals surface area contributed by atoms with E-state index < -0.39 is 0 Å². The van der Waals surface area contributed by atoms with Gasteiger partial charge in [0.15, 0.2) is 0 Å². The molecule has 0 aliphatic carbocycles. The molecule has 3 unspecified atom stereocenters. The number of ether oxygens (including phenoxy) is 1. The molecule has 1 amide bonds. The van der Waals surface area contributed by atoms with Crippen molar-refractivity contribution in [1.82, 2.24) is 10.6 Å². The van der Waals surface area contributed by atoms with E-state index in [4.69, 9.17) is 4.74 Å². The largest absolute Gasteiger partial charge is 0.379 e. The Morgan fingerprint density at radius 1 is 1.26 bits per heavy atom. The van der Waals surface area contributed by atoms with Crippen molar-refractivity contribution in [2.24, 2.45) is 5.92 Å². The van der Waals surface area contributed by atoms with Crippen LogP contribution in [0.15, 0.2) is 0 Å². The average Bonchev–Trinajstić information content (AvgIpc) is 2.85. The second-order valence-corrected chi connectivity index (χ2v) is 5.61. The molecule has 0 aromatic rings. The van der Waals surface area contributed by atoms with E-state index >= 15 is 0 Å². The van der Waals surface area contributed by atoms with Gasteiger partial charge >= 0.3 is 0 Å². The minimum atomic E-state index is -0.0276. The van der Waals surface area contributed by atoms with Gasteiger partial charge in [-0.2, -0.15) is 0 Å². The van der Waals surface area contributed by atoms with Gasteiger partial charge in [0, 0.05) is 12.1 Å². The van der Waals surface area contributed by atoms with Crippen LogP contribution in [0.2, 0.25) is 0 Å². The van der Waals surface area contributed by atoms with Crippen LogP contribution < -0.4 is 10.6 Å². The van der Waals surface area contributed by atoms with E-state index in [0.29, 0.717) is 13.2 Å². The van der Waals surface area contributed by atoms with Crippen LogP contribution in [-0.2, 0) is 9.53 Å². The van der Waals surface area contributed by atoms with Crippen LogP contribution in [0, 0.1) is 5.92 Å². The summed E-state index contributed by atoms with van der Waals surface area (Å²) in [4.78, 5) is 12.2. The Morgan fingerprint density at radius 2 is 2.05 bits per heavy atom. The van der Waals surface area contributed by atoms with E-state index in [9.17, 15) is 4.79 Å². The number of nitrogens with one attached hydrogen (secondary N) is 2. The fraction of sp³-hybridized carbons (Fsp3) is 0.933. The second kappa shape index (κ2) is 9.32. The first-order chi connectivity index (χ1) is 9.19. The van der Waals surface area contributed by atoms with E-state index in [1.807, 2.05) is 0 Å². The number of rotatable bonds is 9. The van der Waals surface area contributed by atoms with Crippen LogP contribution in [0.4, 0.5) is 0 Å². The summed E-state index contributed by atoms with van der Waals surface area (Å²) in [6.07, 6.45) is 5.81. The quantitative estimate of drug-likeness (QED) is 0.631. The molecule has 0 radical (unpaired) electrons. The van der Waals surface area contributed by atoms with Crippen LogP contribution in [0.5, 0.6) is 0 Å². The van der Waals surface area contributed by atoms with Gasteiger partial charge in [-0.05, 0) is 26.3 Å². The zero-order valence-electron chi connectivity index (χ0n) is 12.7. The summed E-state index contributed by atoms with van der Waals surface area (Å²) in [5.41, 5.74) is 0. The highest BCUT2D eigenvalue weighted by molar-refractivity contribution is 5.80. The van der Waals surface area contributed by atoms with E-state index in [0.717, 1.165) is 19.4 Å². The van der Waals surface area contributed by atoms with Gasteiger partial charge in [0.25, 0.3) is 0 Å². The Morgan fingerprint density at radius 3 is 2.74 bits per heavy atom. The van der Waals surface area contributed by atoms with Crippen LogP contribution >= 0.6 is 0 Å². The Hall–Kier alpha value is -0.610. The van der Waals surface area contributed by atoms with Crippen molar-refractivity contribution in [3.8, 4) is 0 Å². The van der Waals surface area contributed by atoms with Gasteiger partial charge in [-0.15, -0.1) is 0 Å². The number of hydrogen-bond acceptors (Lipinski definition) is 3. The van der Waals surface area contributed by atoms with Crippen LogP contribution in [0.1, 0.15) is 52.9 Å². The lowest BCUT2D eigenvalue weighted by Gasteiger charge is -2.21. The number of carbonyl (C=O) groups excluding carboxylic acids is 1. The van der Waals surface area contributed by atoms with Crippen molar-refractivity contribution in [2.45, 2.75) is 65.0 Å². The van der Waals surface area contributed by atoms with Crippen molar-refractivity contribution >= 4 is 5.91 Å². The molecule has 1 aliphatic rings. The van der Waals surface area contributed by atoms with Crippen molar-refractivity contribution in [3.05, 3.63) is 0 Å². The molecular formula is C15H30N2O2. The van der Waals surface area contributed by atoms with Crippen molar-refractivity contribution in [1.29, 1.82) is 0 Å². The number of hydrogen-bond donors (Lipinski definition) is 2. The maximum absolute atomic E-state index is 12.2. The SMILES string of the molecule is CCCCCC(C)NC(=O)C1COCC1NCCC. The minimum absolute atomic E-state index is 0.0276. The standard InChI is InChI=1S/C15H30N2O2/c1-4-6-7-8-12(3)17-15(18)13-10-19-11-14(13)16-9-5-2/h12-14,16H,4-11H2,1-3H3,(H,17,18). The minimum Gasteiger partial charge on any atom is -0.379 e. The van der Waals surface area contributed by atoms with Gasteiger partial charge < -0.3 is 15.4 Å². The third-order valence-electron chi connectivity index (χ3n) is 3.70. The van der Waals surface area contributed by atoms with E-state index in [2.05, 4.69) is 31.4 Å². The zero-order valence-corrected chi connectivity index (χ0v) is 12.7. The Labute approximate surface area is 117 Å². The summed E-state index contributed by atoms with van der Waals surface area (Å²) in [5, 5.41) is 6.53. The zero-order chi connectivity index (χ0) is 14.1. The summed E-state index contributed by atoms with van der Waals surface area (Å²) in [6.45, 7) is 8.58. The molecule has 19 heavy (non-hydrogen) atoms. The highest BCUT2D eigenvalue weighted by Crippen LogP contribution is 2.15. The van der Waals surface area contributed by atoms with Gasteiger partial charge in [-0.25, -0.2) is 0 Å². The molecule has 4 heteroatoms. The first-order valence-electron chi connectivity index (χ1n) is 7.80. The normalized spacial score (nSPS) is 24.4. The lowest BCUT2D eigenvalue weighted by molar-refractivity contribution is -0.126. The third kappa shape index (κ3) is 5.91. The smallest absolute Gasteiger partial charge is 0.227 e. The number of amides is 1. The molecule has 2 N–H and O–H groups in total. The van der Waals surface area contributed by atoms with E-state index in [1.54, 1.807) is 0 Å². The van der Waals surface area contributed by atoms with Gasteiger partial charge in [0.05, 0.1) is 19.1 Å². The highest BCUT2D eigenvalue weighted by atomic mass is 16.5. The number of unbranched alkanes of at least 4 members (excludes halogenated alkanes) is 2. The summed E-state index contributed by atoms with van der Waals surface area (Å²) in [7, 11) is 0. The van der Waals surface area contributed by atoms with E-state index in [1.165, 1.54) is 19.3 Å². The predicted octanol–water partition coefficient (Wildman–Crippen LogP) is 2.09. The molecule has 112 valence electrons. The molecule has 1 rings (SSSR count). The monoisotopic (exact) mass is 270 g/mol. The van der Waals surface area contributed by atoms with Gasteiger partial charge in [-0.3, -0.25) is 4.79 Å². The fourth-order valence-corrected chi connectivity index (χ4v) is 2.47. The molecular weight excluding hydrogens is 240 g/mol. The molecule has 1 saturated heterocycles. The maximum Gasteiger partial charge on any atom is 0.227 e.